The zero-order chi connectivity index (χ0) is 20.1. The van der Waals surface area contributed by atoms with Crippen molar-refractivity contribution in [2.45, 2.75) is 26.3 Å². The average Bonchev–Trinajstić information content (AvgIpc) is 2.97. The molecular weight excluding hydrogens is 360 g/mol. The smallest absolute Gasteiger partial charge is 0.256 e. The van der Waals surface area contributed by atoms with E-state index in [2.05, 4.69) is 5.32 Å². The van der Waals surface area contributed by atoms with Crippen molar-refractivity contribution in [1.82, 2.24) is 0 Å². The van der Waals surface area contributed by atoms with Gasteiger partial charge in [-0.1, -0.05) is 0 Å². The molecule has 0 saturated carbocycles. The molecule has 0 radical (unpaired) electrons. The van der Waals surface area contributed by atoms with Gasteiger partial charge in [0.15, 0.2) is 11.5 Å². The van der Waals surface area contributed by atoms with Gasteiger partial charge in [0.05, 0.1) is 32.4 Å². The zero-order valence-corrected chi connectivity index (χ0v) is 16.2. The number of ether oxygens (including phenoxy) is 3. The number of imide groups is 1. The lowest BCUT2D eigenvalue weighted by Crippen LogP contribution is -2.34. The number of hydrogen-bond donors (Lipinski definition) is 1. The Morgan fingerprint density at radius 3 is 2.32 bits per heavy atom. The first-order valence-corrected chi connectivity index (χ1v) is 9.24. The van der Waals surface area contributed by atoms with Gasteiger partial charge in [-0.25, -0.2) is 4.90 Å². The summed E-state index contributed by atoms with van der Waals surface area (Å²) in [4.78, 5) is 26.5. The number of benzene rings is 2. The molecule has 7 heteroatoms. The molecule has 2 aromatic rings. The highest BCUT2D eigenvalue weighted by Gasteiger charge is 2.39. The topological polar surface area (TPSA) is 77.1 Å². The van der Waals surface area contributed by atoms with Gasteiger partial charge >= 0.3 is 0 Å². The molecule has 28 heavy (non-hydrogen) atoms. The molecule has 2 amide bonds. The molecule has 1 aliphatic heterocycles. The van der Waals surface area contributed by atoms with Crippen LogP contribution < -0.4 is 24.4 Å². The zero-order valence-electron chi connectivity index (χ0n) is 16.2. The van der Waals surface area contributed by atoms with E-state index in [9.17, 15) is 9.59 Å². The number of nitrogens with one attached hydrogen (secondary N) is 1. The maximum absolute atomic E-state index is 12.8. The molecule has 1 saturated heterocycles. The summed E-state index contributed by atoms with van der Waals surface area (Å²) in [6.07, 6.45) is 0.0854. The van der Waals surface area contributed by atoms with Crippen molar-refractivity contribution in [1.29, 1.82) is 0 Å². The first kappa shape index (κ1) is 19.5. The van der Waals surface area contributed by atoms with Crippen molar-refractivity contribution < 1.29 is 23.8 Å². The minimum absolute atomic E-state index is 0.0854. The van der Waals surface area contributed by atoms with Crippen LogP contribution in [0.5, 0.6) is 17.2 Å². The van der Waals surface area contributed by atoms with Crippen molar-refractivity contribution in [3.63, 3.8) is 0 Å². The van der Waals surface area contributed by atoms with Crippen LogP contribution in [-0.4, -0.2) is 38.2 Å². The van der Waals surface area contributed by atoms with Crippen LogP contribution in [0.2, 0.25) is 0 Å². The molecule has 0 aromatic heterocycles. The Labute approximate surface area is 164 Å². The summed E-state index contributed by atoms with van der Waals surface area (Å²) in [5.41, 5.74) is 1.22. The SMILES string of the molecule is CCOc1ccc(NC2CC(=O)N(c3ccc(OC)cc3)C2=O)cc1OCC. The van der Waals surface area contributed by atoms with E-state index in [1.807, 2.05) is 13.8 Å². The minimum Gasteiger partial charge on any atom is -0.497 e. The maximum Gasteiger partial charge on any atom is 0.256 e. The number of anilines is 2. The second-order valence-corrected chi connectivity index (χ2v) is 6.19. The molecule has 1 unspecified atom stereocenters. The quantitative estimate of drug-likeness (QED) is 0.704. The monoisotopic (exact) mass is 384 g/mol. The number of hydrogen-bond acceptors (Lipinski definition) is 6. The van der Waals surface area contributed by atoms with E-state index in [0.717, 1.165) is 0 Å². The van der Waals surface area contributed by atoms with E-state index in [4.69, 9.17) is 14.2 Å². The van der Waals surface area contributed by atoms with Crippen LogP contribution in [0.1, 0.15) is 20.3 Å². The summed E-state index contributed by atoms with van der Waals surface area (Å²) in [6.45, 7) is 4.81. The van der Waals surface area contributed by atoms with Crippen molar-refractivity contribution >= 4 is 23.2 Å². The van der Waals surface area contributed by atoms with Crippen molar-refractivity contribution in [2.75, 3.05) is 30.5 Å². The standard InChI is InChI=1S/C21H24N2O5/c1-4-27-18-11-6-14(12-19(18)28-5-2)22-17-13-20(24)23(21(17)25)15-7-9-16(26-3)10-8-15/h6-12,17,22H,4-5,13H2,1-3H3. The molecule has 1 aliphatic rings. The van der Waals surface area contributed by atoms with Gasteiger partial charge in [0, 0.05) is 11.8 Å². The van der Waals surface area contributed by atoms with Gasteiger partial charge in [0.1, 0.15) is 11.8 Å². The normalized spacial score (nSPS) is 16.2. The highest BCUT2D eigenvalue weighted by molar-refractivity contribution is 6.23. The molecule has 7 nitrogen and oxygen atoms in total. The highest BCUT2D eigenvalue weighted by Crippen LogP contribution is 2.32. The fourth-order valence-electron chi connectivity index (χ4n) is 3.09. The Bertz CT molecular complexity index is 850. The highest BCUT2D eigenvalue weighted by atomic mass is 16.5. The van der Waals surface area contributed by atoms with E-state index in [-0.39, 0.29) is 18.2 Å². The molecule has 0 aliphatic carbocycles. The first-order valence-electron chi connectivity index (χ1n) is 9.24. The fourth-order valence-corrected chi connectivity index (χ4v) is 3.09. The average molecular weight is 384 g/mol. The van der Waals surface area contributed by atoms with E-state index in [1.54, 1.807) is 49.6 Å². The van der Waals surface area contributed by atoms with E-state index in [0.29, 0.717) is 41.8 Å². The van der Waals surface area contributed by atoms with Crippen molar-refractivity contribution in [3.05, 3.63) is 42.5 Å². The van der Waals surface area contributed by atoms with Crippen LogP contribution >= 0.6 is 0 Å². The summed E-state index contributed by atoms with van der Waals surface area (Å²) in [5, 5.41) is 3.14. The van der Waals surface area contributed by atoms with E-state index >= 15 is 0 Å². The Morgan fingerprint density at radius 1 is 1.00 bits per heavy atom. The Hall–Kier alpha value is -3.22. The summed E-state index contributed by atoms with van der Waals surface area (Å²) in [6, 6.07) is 11.6. The third-order valence-electron chi connectivity index (χ3n) is 4.36. The molecule has 1 heterocycles. The summed E-state index contributed by atoms with van der Waals surface area (Å²) in [5.74, 6) is 1.36. The predicted molar refractivity (Wildman–Crippen MR) is 106 cm³/mol. The summed E-state index contributed by atoms with van der Waals surface area (Å²) in [7, 11) is 1.56. The van der Waals surface area contributed by atoms with Crippen LogP contribution in [0.4, 0.5) is 11.4 Å². The number of nitrogens with zero attached hydrogens (tertiary/aromatic N) is 1. The molecule has 1 atom stereocenters. The van der Waals surface area contributed by atoms with E-state index in [1.165, 1.54) is 4.90 Å². The molecule has 1 N–H and O–H groups in total. The fraction of sp³-hybridized carbons (Fsp3) is 0.333. The van der Waals surface area contributed by atoms with Crippen LogP contribution in [0.3, 0.4) is 0 Å². The summed E-state index contributed by atoms with van der Waals surface area (Å²) >= 11 is 0. The van der Waals surface area contributed by atoms with Crippen molar-refractivity contribution in [3.8, 4) is 17.2 Å². The van der Waals surface area contributed by atoms with Crippen molar-refractivity contribution in [2.24, 2.45) is 0 Å². The molecule has 148 valence electrons. The third kappa shape index (κ3) is 4.03. The number of rotatable bonds is 8. The number of amides is 2. The molecule has 0 bridgehead atoms. The van der Waals surface area contributed by atoms with Crippen LogP contribution in [0, 0.1) is 0 Å². The van der Waals surface area contributed by atoms with Gasteiger partial charge in [-0.3, -0.25) is 9.59 Å². The predicted octanol–water partition coefficient (Wildman–Crippen LogP) is 3.24. The Balaban J connectivity index is 1.77. The van der Waals surface area contributed by atoms with Gasteiger partial charge in [0.25, 0.3) is 5.91 Å². The van der Waals surface area contributed by atoms with Crippen LogP contribution in [0.25, 0.3) is 0 Å². The lowest BCUT2D eigenvalue weighted by Gasteiger charge is -2.17. The lowest BCUT2D eigenvalue weighted by atomic mass is 10.2. The lowest BCUT2D eigenvalue weighted by molar-refractivity contribution is -0.121. The number of carbonyl (C=O) groups excluding carboxylic acids is 2. The minimum atomic E-state index is -0.637. The van der Waals surface area contributed by atoms with Crippen LogP contribution in [-0.2, 0) is 9.59 Å². The third-order valence-corrected chi connectivity index (χ3v) is 4.36. The second kappa shape index (κ2) is 8.65. The maximum atomic E-state index is 12.8. The first-order chi connectivity index (χ1) is 13.6. The Kier molecular flexibility index (Phi) is 6.03. The van der Waals surface area contributed by atoms with Gasteiger partial charge in [-0.05, 0) is 50.2 Å². The molecule has 3 rings (SSSR count). The number of carbonyl (C=O) groups is 2. The molecular formula is C21H24N2O5. The van der Waals surface area contributed by atoms with Gasteiger partial charge in [-0.15, -0.1) is 0 Å². The largest absolute Gasteiger partial charge is 0.497 e. The second-order valence-electron chi connectivity index (χ2n) is 6.19. The molecule has 0 spiro atoms. The van der Waals surface area contributed by atoms with Crippen LogP contribution in [0.15, 0.2) is 42.5 Å². The summed E-state index contributed by atoms with van der Waals surface area (Å²) < 4.78 is 16.3. The Morgan fingerprint density at radius 2 is 1.68 bits per heavy atom. The molecule has 2 aromatic carbocycles. The number of methoxy groups -OCH3 is 1. The van der Waals surface area contributed by atoms with E-state index < -0.39 is 6.04 Å². The van der Waals surface area contributed by atoms with Gasteiger partial charge < -0.3 is 19.5 Å². The molecule has 1 fully saturated rings. The van der Waals surface area contributed by atoms with Gasteiger partial charge in [0.2, 0.25) is 5.91 Å². The van der Waals surface area contributed by atoms with Gasteiger partial charge in [-0.2, -0.15) is 0 Å².